The zero-order valence-electron chi connectivity index (χ0n) is 11.6. The van der Waals surface area contributed by atoms with Crippen LogP contribution in [0.1, 0.15) is 15.9 Å². The number of hydrogen-bond donors (Lipinski definition) is 2. The molecule has 0 aliphatic rings. The maximum atomic E-state index is 13.0. The largest absolute Gasteiger partial charge is 0.492 e. The van der Waals surface area contributed by atoms with Gasteiger partial charge in [0.15, 0.2) is 0 Å². The summed E-state index contributed by atoms with van der Waals surface area (Å²) in [5.74, 6) is -0.359. The summed E-state index contributed by atoms with van der Waals surface area (Å²) >= 11 is 0. The topological polar surface area (TPSA) is 77.2 Å². The van der Waals surface area contributed by atoms with Gasteiger partial charge < -0.3 is 15.8 Å². The quantitative estimate of drug-likeness (QED) is 0.824. The van der Waals surface area contributed by atoms with Gasteiger partial charge in [0.2, 0.25) is 0 Å². The van der Waals surface area contributed by atoms with E-state index in [9.17, 15) is 9.18 Å². The molecule has 110 valence electrons. The standard InChI is InChI=1S/C15H16FN3O2/c1-10-3-2-4-12(7-10)21-6-5-18-15(20)13-8-11(16)9-19-14(13)17/h2-4,7-9H,5-6H2,1H3,(H2,17,19)(H,18,20). The number of benzene rings is 1. The molecule has 0 unspecified atom stereocenters. The van der Waals surface area contributed by atoms with Crippen molar-refractivity contribution < 1.29 is 13.9 Å². The highest BCUT2D eigenvalue weighted by atomic mass is 19.1. The first-order chi connectivity index (χ1) is 10.1. The molecule has 0 bridgehead atoms. The SMILES string of the molecule is Cc1cccc(OCCNC(=O)c2cc(F)cnc2N)c1. The lowest BCUT2D eigenvalue weighted by molar-refractivity contribution is 0.0947. The van der Waals surface area contributed by atoms with Crippen LogP contribution >= 0.6 is 0 Å². The molecule has 21 heavy (non-hydrogen) atoms. The first-order valence-corrected chi connectivity index (χ1v) is 6.45. The maximum Gasteiger partial charge on any atom is 0.255 e. The number of halogens is 1. The van der Waals surface area contributed by atoms with Crippen LogP contribution in [0.2, 0.25) is 0 Å². The molecule has 0 radical (unpaired) electrons. The predicted molar refractivity (Wildman–Crippen MR) is 77.6 cm³/mol. The minimum Gasteiger partial charge on any atom is -0.492 e. The number of carbonyl (C=O) groups is 1. The van der Waals surface area contributed by atoms with Gasteiger partial charge in [0.05, 0.1) is 18.3 Å². The molecule has 0 saturated heterocycles. The number of pyridine rings is 1. The van der Waals surface area contributed by atoms with Crippen molar-refractivity contribution in [3.63, 3.8) is 0 Å². The van der Waals surface area contributed by atoms with Crippen LogP contribution in [0.15, 0.2) is 36.5 Å². The van der Waals surface area contributed by atoms with Crippen molar-refractivity contribution in [3.05, 3.63) is 53.5 Å². The number of nitrogens with one attached hydrogen (secondary N) is 1. The van der Waals surface area contributed by atoms with Crippen LogP contribution in [0.5, 0.6) is 5.75 Å². The van der Waals surface area contributed by atoms with Crippen LogP contribution < -0.4 is 15.8 Å². The predicted octanol–water partition coefficient (Wildman–Crippen LogP) is 1.92. The van der Waals surface area contributed by atoms with E-state index in [0.29, 0.717) is 6.61 Å². The Morgan fingerprint density at radius 1 is 1.43 bits per heavy atom. The van der Waals surface area contributed by atoms with Crippen LogP contribution in [-0.4, -0.2) is 24.0 Å². The van der Waals surface area contributed by atoms with Crippen molar-refractivity contribution in [2.24, 2.45) is 0 Å². The fraction of sp³-hybridized carbons (Fsp3) is 0.200. The second-order valence-corrected chi connectivity index (χ2v) is 4.51. The molecular weight excluding hydrogens is 273 g/mol. The molecule has 3 N–H and O–H groups in total. The van der Waals surface area contributed by atoms with Gasteiger partial charge in [-0.25, -0.2) is 9.37 Å². The number of amides is 1. The Bertz CT molecular complexity index is 647. The molecule has 0 aliphatic carbocycles. The number of carbonyl (C=O) groups excluding carboxylic acids is 1. The highest BCUT2D eigenvalue weighted by molar-refractivity contribution is 5.98. The fourth-order valence-electron chi connectivity index (χ4n) is 1.77. The monoisotopic (exact) mass is 289 g/mol. The lowest BCUT2D eigenvalue weighted by Crippen LogP contribution is -2.29. The van der Waals surface area contributed by atoms with Gasteiger partial charge in [-0.2, -0.15) is 0 Å². The first kappa shape index (κ1) is 14.8. The summed E-state index contributed by atoms with van der Waals surface area (Å²) in [6.07, 6.45) is 0.965. The van der Waals surface area contributed by atoms with Gasteiger partial charge in [-0.05, 0) is 30.7 Å². The van der Waals surface area contributed by atoms with Gasteiger partial charge in [-0.1, -0.05) is 12.1 Å². The minimum absolute atomic E-state index is 0.00602. The van der Waals surface area contributed by atoms with Gasteiger partial charge in [-0.3, -0.25) is 4.79 Å². The molecule has 0 saturated carbocycles. The van der Waals surface area contributed by atoms with Gasteiger partial charge in [0, 0.05) is 0 Å². The molecule has 1 aromatic heterocycles. The summed E-state index contributed by atoms with van der Waals surface area (Å²) in [4.78, 5) is 15.4. The lowest BCUT2D eigenvalue weighted by Gasteiger charge is -2.09. The number of aryl methyl sites for hydroxylation is 1. The second kappa shape index (κ2) is 6.69. The Labute approximate surface area is 121 Å². The van der Waals surface area contributed by atoms with E-state index in [2.05, 4.69) is 10.3 Å². The summed E-state index contributed by atoms with van der Waals surface area (Å²) in [5.41, 5.74) is 6.64. The first-order valence-electron chi connectivity index (χ1n) is 6.45. The molecule has 0 spiro atoms. The summed E-state index contributed by atoms with van der Waals surface area (Å²) in [5, 5.41) is 2.60. The third kappa shape index (κ3) is 4.17. The van der Waals surface area contributed by atoms with E-state index in [-0.39, 0.29) is 17.9 Å². The molecule has 2 aromatic rings. The normalized spacial score (nSPS) is 10.2. The molecule has 1 aromatic carbocycles. The van der Waals surface area contributed by atoms with Crippen molar-refractivity contribution in [1.29, 1.82) is 0 Å². The zero-order chi connectivity index (χ0) is 15.2. The Kier molecular flexibility index (Phi) is 4.71. The van der Waals surface area contributed by atoms with Crippen molar-refractivity contribution in [3.8, 4) is 5.75 Å². The Morgan fingerprint density at radius 3 is 3.00 bits per heavy atom. The van der Waals surface area contributed by atoms with E-state index in [1.807, 2.05) is 31.2 Å². The number of anilines is 1. The Balaban J connectivity index is 1.83. The molecule has 5 nitrogen and oxygen atoms in total. The number of nitrogen functional groups attached to an aromatic ring is 1. The zero-order valence-corrected chi connectivity index (χ0v) is 11.6. The minimum atomic E-state index is -0.606. The fourth-order valence-corrected chi connectivity index (χ4v) is 1.77. The third-order valence-electron chi connectivity index (χ3n) is 2.78. The summed E-state index contributed by atoms with van der Waals surface area (Å²) in [6.45, 7) is 2.55. The highest BCUT2D eigenvalue weighted by Crippen LogP contribution is 2.12. The summed E-state index contributed by atoms with van der Waals surface area (Å²) in [6, 6.07) is 8.65. The van der Waals surface area contributed by atoms with Crippen molar-refractivity contribution in [2.45, 2.75) is 6.92 Å². The average molecular weight is 289 g/mol. The average Bonchev–Trinajstić information content (AvgIpc) is 2.46. The molecule has 2 rings (SSSR count). The third-order valence-corrected chi connectivity index (χ3v) is 2.78. The van der Waals surface area contributed by atoms with E-state index in [1.54, 1.807) is 0 Å². The van der Waals surface area contributed by atoms with Crippen molar-refractivity contribution in [2.75, 3.05) is 18.9 Å². The van der Waals surface area contributed by atoms with Crippen LogP contribution in [0.3, 0.4) is 0 Å². The number of aromatic nitrogens is 1. The van der Waals surface area contributed by atoms with Crippen LogP contribution in [0.25, 0.3) is 0 Å². The highest BCUT2D eigenvalue weighted by Gasteiger charge is 2.11. The van der Waals surface area contributed by atoms with Gasteiger partial charge in [0.1, 0.15) is 24.0 Å². The summed E-state index contributed by atoms with van der Waals surface area (Å²) < 4.78 is 18.5. The Morgan fingerprint density at radius 2 is 2.24 bits per heavy atom. The number of hydrogen-bond acceptors (Lipinski definition) is 4. The number of ether oxygens (including phenoxy) is 1. The molecule has 0 atom stereocenters. The van der Waals surface area contributed by atoms with E-state index in [1.165, 1.54) is 0 Å². The Hall–Kier alpha value is -2.63. The van der Waals surface area contributed by atoms with Gasteiger partial charge >= 0.3 is 0 Å². The van der Waals surface area contributed by atoms with E-state index in [4.69, 9.17) is 10.5 Å². The number of rotatable bonds is 5. The molecule has 0 aliphatic heterocycles. The molecule has 1 heterocycles. The van der Waals surface area contributed by atoms with Crippen LogP contribution in [-0.2, 0) is 0 Å². The summed E-state index contributed by atoms with van der Waals surface area (Å²) in [7, 11) is 0. The van der Waals surface area contributed by atoms with E-state index in [0.717, 1.165) is 23.6 Å². The lowest BCUT2D eigenvalue weighted by atomic mass is 10.2. The van der Waals surface area contributed by atoms with E-state index >= 15 is 0 Å². The second-order valence-electron chi connectivity index (χ2n) is 4.51. The van der Waals surface area contributed by atoms with Crippen LogP contribution in [0, 0.1) is 12.7 Å². The van der Waals surface area contributed by atoms with E-state index < -0.39 is 11.7 Å². The van der Waals surface area contributed by atoms with Crippen LogP contribution in [0.4, 0.5) is 10.2 Å². The number of nitrogens with zero attached hydrogens (tertiary/aromatic N) is 1. The van der Waals surface area contributed by atoms with Gasteiger partial charge in [-0.15, -0.1) is 0 Å². The van der Waals surface area contributed by atoms with Crippen molar-refractivity contribution in [1.82, 2.24) is 10.3 Å². The molecular formula is C15H16FN3O2. The molecule has 1 amide bonds. The van der Waals surface area contributed by atoms with Crippen molar-refractivity contribution >= 4 is 11.7 Å². The molecule has 0 fully saturated rings. The van der Waals surface area contributed by atoms with Gasteiger partial charge in [0.25, 0.3) is 5.91 Å². The number of nitrogens with two attached hydrogens (primary N) is 1. The maximum absolute atomic E-state index is 13.0. The molecule has 6 heteroatoms. The smallest absolute Gasteiger partial charge is 0.255 e.